The minimum Gasteiger partial charge on any atom is -0.382 e. The number of hydrogen-bond acceptors (Lipinski definition) is 9. The molecule has 8 rings (SSSR count). The molecule has 1 aliphatic carbocycles. The van der Waals surface area contributed by atoms with Crippen LogP contribution >= 0.6 is 0 Å². The third-order valence-corrected chi connectivity index (χ3v) is 11.4. The molecular formula is C42H46N10O3. The van der Waals surface area contributed by atoms with Gasteiger partial charge in [-0.3, -0.25) is 29.4 Å². The lowest BCUT2D eigenvalue weighted by Gasteiger charge is -2.37. The van der Waals surface area contributed by atoms with E-state index in [0.717, 1.165) is 85.7 Å². The molecule has 0 atom stereocenters. The standard InChI is InChI=1S/C42H46N10O3/c1-26(2)47-36-19-38(52-16-12-30-18-28(20-43)21-46-40(30)52)45-23-35(36)41(54)48-31-8-6-27(7-9-31)25-50-14-10-29(11-15-50)32-4-3-5-33-34(32)22-44-24-37(33)51-17-13-39(53)49-42(51)55/h3-5,12,16,18-19,21-24,26-27,29,31H,6-11,13-15,17,25H2,1-2H3,(H,45,47)(H,48,54)(H,49,53,55)/t27-,31-. The number of imide groups is 1. The summed E-state index contributed by atoms with van der Waals surface area (Å²) in [6.45, 7) is 7.58. The Morgan fingerprint density at radius 2 is 1.78 bits per heavy atom. The number of carbonyl (C=O) groups excluding carboxylic acids is 3. The van der Waals surface area contributed by atoms with Crippen molar-refractivity contribution in [2.24, 2.45) is 5.92 Å². The van der Waals surface area contributed by atoms with E-state index in [1.165, 1.54) is 5.56 Å². The first-order chi connectivity index (χ1) is 26.7. The van der Waals surface area contributed by atoms with Crippen LogP contribution in [0.15, 0.2) is 67.4 Å². The van der Waals surface area contributed by atoms with Gasteiger partial charge in [-0.2, -0.15) is 5.26 Å². The zero-order chi connectivity index (χ0) is 38.1. The van der Waals surface area contributed by atoms with Gasteiger partial charge in [0.15, 0.2) is 0 Å². The molecule has 5 aromatic rings. The number of likely N-dealkylation sites (tertiary alicyclic amines) is 1. The first-order valence-corrected chi connectivity index (χ1v) is 19.4. The van der Waals surface area contributed by atoms with E-state index in [4.69, 9.17) is 0 Å². The Bertz CT molecular complexity index is 2300. The van der Waals surface area contributed by atoms with Crippen LogP contribution in [-0.2, 0) is 4.79 Å². The van der Waals surface area contributed by atoms with Crippen LogP contribution in [0, 0.1) is 17.2 Å². The number of pyridine rings is 3. The number of anilines is 2. The zero-order valence-electron chi connectivity index (χ0n) is 31.3. The minimum absolute atomic E-state index is 0.111. The van der Waals surface area contributed by atoms with E-state index in [-0.39, 0.29) is 30.3 Å². The summed E-state index contributed by atoms with van der Waals surface area (Å²) in [4.78, 5) is 55.9. The van der Waals surface area contributed by atoms with Gasteiger partial charge in [0.05, 0.1) is 28.7 Å². The summed E-state index contributed by atoms with van der Waals surface area (Å²) in [7, 11) is 0. The molecule has 0 unspecified atom stereocenters. The van der Waals surface area contributed by atoms with Gasteiger partial charge in [0.2, 0.25) is 5.91 Å². The van der Waals surface area contributed by atoms with Crippen LogP contribution in [0.5, 0.6) is 0 Å². The topological polar surface area (TPSA) is 161 Å². The highest BCUT2D eigenvalue weighted by molar-refractivity contribution is 6.10. The Kier molecular flexibility index (Phi) is 10.2. The molecule has 3 fully saturated rings. The van der Waals surface area contributed by atoms with E-state index in [0.29, 0.717) is 41.0 Å². The first kappa shape index (κ1) is 36.1. The minimum atomic E-state index is -0.393. The van der Waals surface area contributed by atoms with Crippen molar-refractivity contribution in [3.05, 3.63) is 84.1 Å². The van der Waals surface area contributed by atoms with Crippen molar-refractivity contribution in [3.8, 4) is 11.9 Å². The molecule has 6 heterocycles. The van der Waals surface area contributed by atoms with Crippen molar-refractivity contribution in [2.45, 2.75) is 76.8 Å². The molecule has 0 bridgehead atoms. The molecule has 1 aromatic carbocycles. The smallest absolute Gasteiger partial charge is 0.328 e. The number of fused-ring (bicyclic) bond motifs is 2. The largest absolute Gasteiger partial charge is 0.382 e. The monoisotopic (exact) mass is 738 g/mol. The highest BCUT2D eigenvalue weighted by Gasteiger charge is 2.30. The molecule has 55 heavy (non-hydrogen) atoms. The van der Waals surface area contributed by atoms with Gasteiger partial charge in [0, 0.05) is 78.6 Å². The quantitative estimate of drug-likeness (QED) is 0.158. The number of carbonyl (C=O) groups is 3. The fourth-order valence-corrected chi connectivity index (χ4v) is 8.57. The number of amides is 4. The summed E-state index contributed by atoms with van der Waals surface area (Å²) in [5, 5.41) is 21.3. The molecule has 13 nitrogen and oxygen atoms in total. The number of nitriles is 1. The lowest BCUT2D eigenvalue weighted by atomic mass is 9.83. The SMILES string of the molecule is CC(C)Nc1cc(-n2ccc3cc(C#N)cnc32)ncc1C(=O)N[C@H]1CC[C@H](CN2CCC(c3cccc4c(N5CCC(=O)NC5=O)cncc34)CC2)CC1. The van der Waals surface area contributed by atoms with Crippen LogP contribution in [0.4, 0.5) is 16.2 Å². The summed E-state index contributed by atoms with van der Waals surface area (Å²) >= 11 is 0. The second kappa shape index (κ2) is 15.5. The molecule has 4 amide bonds. The second-order valence-electron chi connectivity index (χ2n) is 15.4. The number of hydrogen-bond donors (Lipinski definition) is 3. The first-order valence-electron chi connectivity index (χ1n) is 19.4. The predicted octanol–water partition coefficient (Wildman–Crippen LogP) is 6.28. The highest BCUT2D eigenvalue weighted by atomic mass is 16.2. The maximum atomic E-state index is 13.7. The Labute approximate surface area is 320 Å². The summed E-state index contributed by atoms with van der Waals surface area (Å²) in [6, 6.07) is 13.9. The summed E-state index contributed by atoms with van der Waals surface area (Å²) < 4.78 is 1.87. The number of aromatic nitrogens is 4. The summed E-state index contributed by atoms with van der Waals surface area (Å²) in [5.74, 6) is 1.29. The third-order valence-electron chi connectivity index (χ3n) is 11.4. The van der Waals surface area contributed by atoms with Gasteiger partial charge in [-0.25, -0.2) is 14.8 Å². The lowest BCUT2D eigenvalue weighted by Crippen LogP contribution is -2.49. The molecule has 3 aliphatic rings. The number of urea groups is 1. The summed E-state index contributed by atoms with van der Waals surface area (Å²) in [5.41, 5.74) is 4.46. The van der Waals surface area contributed by atoms with Gasteiger partial charge in [0.25, 0.3) is 5.91 Å². The average molecular weight is 739 g/mol. The van der Waals surface area contributed by atoms with Crippen molar-refractivity contribution >= 4 is 51.0 Å². The molecule has 2 aliphatic heterocycles. The Morgan fingerprint density at radius 1 is 0.964 bits per heavy atom. The lowest BCUT2D eigenvalue weighted by molar-refractivity contribution is -0.120. The van der Waals surface area contributed by atoms with Gasteiger partial charge in [0.1, 0.15) is 17.5 Å². The third kappa shape index (κ3) is 7.59. The van der Waals surface area contributed by atoms with Crippen molar-refractivity contribution < 1.29 is 14.4 Å². The van der Waals surface area contributed by atoms with Gasteiger partial charge < -0.3 is 15.5 Å². The molecule has 4 aromatic heterocycles. The number of nitrogens with one attached hydrogen (secondary N) is 3. The number of nitrogens with zero attached hydrogens (tertiary/aromatic N) is 7. The van der Waals surface area contributed by atoms with Gasteiger partial charge in [-0.15, -0.1) is 0 Å². The molecular weight excluding hydrogens is 693 g/mol. The number of rotatable bonds is 9. The van der Waals surface area contributed by atoms with Crippen LogP contribution in [0.1, 0.15) is 86.2 Å². The second-order valence-corrected chi connectivity index (χ2v) is 15.4. The zero-order valence-corrected chi connectivity index (χ0v) is 31.3. The molecule has 3 N–H and O–H groups in total. The highest BCUT2D eigenvalue weighted by Crippen LogP contribution is 2.37. The van der Waals surface area contributed by atoms with E-state index < -0.39 is 6.03 Å². The number of benzene rings is 1. The van der Waals surface area contributed by atoms with Crippen LogP contribution < -0.4 is 20.9 Å². The van der Waals surface area contributed by atoms with Crippen LogP contribution in [0.2, 0.25) is 0 Å². The maximum Gasteiger partial charge on any atom is 0.328 e. The maximum absolute atomic E-state index is 13.7. The molecule has 0 spiro atoms. The van der Waals surface area contributed by atoms with Crippen LogP contribution in [0.3, 0.4) is 0 Å². The van der Waals surface area contributed by atoms with Crippen molar-refractivity contribution in [2.75, 3.05) is 36.4 Å². The van der Waals surface area contributed by atoms with E-state index in [2.05, 4.69) is 54.0 Å². The van der Waals surface area contributed by atoms with Gasteiger partial charge in [-0.05, 0) is 95.0 Å². The van der Waals surface area contributed by atoms with Crippen molar-refractivity contribution in [1.29, 1.82) is 5.26 Å². The fourth-order valence-electron chi connectivity index (χ4n) is 8.57. The molecule has 13 heteroatoms. The molecule has 2 saturated heterocycles. The fraction of sp³-hybridized carbons (Fsp3) is 0.405. The summed E-state index contributed by atoms with van der Waals surface area (Å²) in [6.07, 6.45) is 15.2. The normalized spacial score (nSPS) is 19.8. The number of piperidine rings is 1. The van der Waals surface area contributed by atoms with Gasteiger partial charge in [-0.1, -0.05) is 18.2 Å². The molecule has 1 saturated carbocycles. The van der Waals surface area contributed by atoms with Crippen LogP contribution in [-0.4, -0.2) is 80.5 Å². The van der Waals surface area contributed by atoms with E-state index in [1.54, 1.807) is 29.6 Å². The average Bonchev–Trinajstić information content (AvgIpc) is 3.62. The molecule has 0 radical (unpaired) electrons. The van der Waals surface area contributed by atoms with Crippen LogP contribution in [0.25, 0.3) is 27.6 Å². The van der Waals surface area contributed by atoms with E-state index in [1.807, 2.05) is 49.0 Å². The van der Waals surface area contributed by atoms with Crippen molar-refractivity contribution in [1.82, 2.24) is 35.1 Å². The Hall–Kier alpha value is -5.87. The Morgan fingerprint density at radius 3 is 2.55 bits per heavy atom. The van der Waals surface area contributed by atoms with Gasteiger partial charge >= 0.3 is 6.03 Å². The Balaban J connectivity index is 0.855. The predicted molar refractivity (Wildman–Crippen MR) is 211 cm³/mol. The van der Waals surface area contributed by atoms with Crippen molar-refractivity contribution in [3.63, 3.8) is 0 Å². The van der Waals surface area contributed by atoms with E-state index >= 15 is 0 Å². The van der Waals surface area contributed by atoms with E-state index in [9.17, 15) is 19.6 Å². The molecule has 282 valence electrons.